The highest BCUT2D eigenvalue weighted by Gasteiger charge is 2.16. The fourth-order valence-corrected chi connectivity index (χ4v) is 3.48. The summed E-state index contributed by atoms with van der Waals surface area (Å²) in [6.45, 7) is 9.23. The number of nitrogens with zero attached hydrogens (tertiary/aromatic N) is 1. The average molecular weight is 291 g/mol. The normalized spacial score (nSPS) is 16.2. The number of urea groups is 1. The van der Waals surface area contributed by atoms with Crippen molar-refractivity contribution in [2.75, 3.05) is 0 Å². The monoisotopic (exact) mass is 291 g/mol. The number of hydrogen-bond acceptors (Lipinski definition) is 1. The SMILES string of the molecule is Cc1cc(CNC(=O)NC2CCCCC2)c(C)n1C(C)C. The quantitative estimate of drug-likeness (QED) is 0.870. The van der Waals surface area contributed by atoms with E-state index < -0.39 is 0 Å². The summed E-state index contributed by atoms with van der Waals surface area (Å²) < 4.78 is 2.32. The molecule has 0 bridgehead atoms. The molecule has 0 unspecified atom stereocenters. The second-order valence-electron chi connectivity index (χ2n) is 6.52. The van der Waals surface area contributed by atoms with E-state index in [9.17, 15) is 4.79 Å². The zero-order valence-electron chi connectivity index (χ0n) is 13.8. The van der Waals surface area contributed by atoms with Gasteiger partial charge < -0.3 is 15.2 Å². The van der Waals surface area contributed by atoms with E-state index >= 15 is 0 Å². The lowest BCUT2D eigenvalue weighted by molar-refractivity contribution is 0.232. The van der Waals surface area contributed by atoms with Gasteiger partial charge >= 0.3 is 6.03 Å². The summed E-state index contributed by atoms with van der Waals surface area (Å²) in [7, 11) is 0. The van der Waals surface area contributed by atoms with Gasteiger partial charge in [-0.3, -0.25) is 0 Å². The standard InChI is InChI=1S/C17H29N3O/c1-12(2)20-13(3)10-15(14(20)4)11-18-17(21)19-16-8-6-5-7-9-16/h10,12,16H,5-9,11H2,1-4H3,(H2,18,19,21). The van der Waals surface area contributed by atoms with Crippen LogP contribution in [0.15, 0.2) is 6.07 Å². The van der Waals surface area contributed by atoms with Crippen LogP contribution in [0.4, 0.5) is 4.79 Å². The third-order valence-electron chi connectivity index (χ3n) is 4.49. The average Bonchev–Trinajstić information content (AvgIpc) is 2.72. The van der Waals surface area contributed by atoms with Crippen molar-refractivity contribution in [3.63, 3.8) is 0 Å². The van der Waals surface area contributed by atoms with Crippen LogP contribution in [0, 0.1) is 13.8 Å². The number of hydrogen-bond donors (Lipinski definition) is 2. The molecular weight excluding hydrogens is 262 g/mol. The highest BCUT2D eigenvalue weighted by Crippen LogP contribution is 2.20. The Balaban J connectivity index is 1.87. The van der Waals surface area contributed by atoms with Gasteiger partial charge in [-0.2, -0.15) is 0 Å². The lowest BCUT2D eigenvalue weighted by Gasteiger charge is -2.22. The van der Waals surface area contributed by atoms with Gasteiger partial charge in [0.05, 0.1) is 0 Å². The summed E-state index contributed by atoms with van der Waals surface area (Å²) >= 11 is 0. The van der Waals surface area contributed by atoms with E-state index in [-0.39, 0.29) is 6.03 Å². The second kappa shape index (κ2) is 7.01. The predicted molar refractivity (Wildman–Crippen MR) is 86.5 cm³/mol. The van der Waals surface area contributed by atoms with E-state index in [1.165, 1.54) is 36.2 Å². The fourth-order valence-electron chi connectivity index (χ4n) is 3.48. The Morgan fingerprint density at radius 1 is 1.29 bits per heavy atom. The van der Waals surface area contributed by atoms with Crippen LogP contribution in [0.3, 0.4) is 0 Å². The maximum Gasteiger partial charge on any atom is 0.315 e. The Morgan fingerprint density at radius 2 is 1.95 bits per heavy atom. The molecule has 21 heavy (non-hydrogen) atoms. The lowest BCUT2D eigenvalue weighted by atomic mass is 9.96. The summed E-state index contributed by atoms with van der Waals surface area (Å²) in [4.78, 5) is 12.0. The van der Waals surface area contributed by atoms with Crippen molar-refractivity contribution >= 4 is 6.03 Å². The molecule has 1 aromatic heterocycles. The summed E-state index contributed by atoms with van der Waals surface area (Å²) in [6, 6.07) is 2.96. The van der Waals surface area contributed by atoms with Gasteiger partial charge in [0.2, 0.25) is 0 Å². The topological polar surface area (TPSA) is 46.1 Å². The minimum atomic E-state index is -0.0312. The van der Waals surface area contributed by atoms with E-state index in [1.54, 1.807) is 0 Å². The first-order valence-electron chi connectivity index (χ1n) is 8.20. The minimum Gasteiger partial charge on any atom is -0.346 e. The van der Waals surface area contributed by atoms with Gasteiger partial charge in [-0.25, -0.2) is 4.79 Å². The first kappa shape index (κ1) is 15.9. The molecule has 1 fully saturated rings. The molecule has 1 aliphatic carbocycles. The number of amides is 2. The molecule has 1 heterocycles. The smallest absolute Gasteiger partial charge is 0.315 e. The Morgan fingerprint density at radius 3 is 2.52 bits per heavy atom. The Labute approximate surface area is 128 Å². The van der Waals surface area contributed by atoms with E-state index in [0.717, 1.165) is 12.8 Å². The number of aromatic nitrogens is 1. The van der Waals surface area contributed by atoms with Gasteiger partial charge in [-0.1, -0.05) is 19.3 Å². The van der Waals surface area contributed by atoms with Crippen molar-refractivity contribution in [1.82, 2.24) is 15.2 Å². The molecule has 0 aliphatic heterocycles. The molecule has 118 valence electrons. The van der Waals surface area contributed by atoms with Crippen LogP contribution in [0.25, 0.3) is 0 Å². The summed E-state index contributed by atoms with van der Waals surface area (Å²) in [6.07, 6.45) is 6.02. The molecule has 0 atom stereocenters. The highest BCUT2D eigenvalue weighted by molar-refractivity contribution is 5.74. The van der Waals surface area contributed by atoms with Crippen molar-refractivity contribution in [1.29, 1.82) is 0 Å². The van der Waals surface area contributed by atoms with Crippen molar-refractivity contribution in [2.45, 2.75) is 78.4 Å². The third kappa shape index (κ3) is 4.02. The van der Waals surface area contributed by atoms with Crippen molar-refractivity contribution < 1.29 is 4.79 Å². The predicted octanol–water partition coefficient (Wildman–Crippen LogP) is 3.82. The first-order valence-corrected chi connectivity index (χ1v) is 8.20. The second-order valence-corrected chi connectivity index (χ2v) is 6.52. The van der Waals surface area contributed by atoms with Crippen molar-refractivity contribution in [3.8, 4) is 0 Å². The number of carbonyl (C=O) groups excluding carboxylic acids is 1. The summed E-state index contributed by atoms with van der Waals surface area (Å²) in [5.41, 5.74) is 3.72. The molecule has 2 amide bonds. The maximum absolute atomic E-state index is 12.0. The largest absolute Gasteiger partial charge is 0.346 e. The zero-order chi connectivity index (χ0) is 15.4. The summed E-state index contributed by atoms with van der Waals surface area (Å²) in [5, 5.41) is 6.10. The van der Waals surface area contributed by atoms with E-state index in [0.29, 0.717) is 18.6 Å². The van der Waals surface area contributed by atoms with Crippen LogP contribution in [0.2, 0.25) is 0 Å². The molecule has 2 N–H and O–H groups in total. The fraction of sp³-hybridized carbons (Fsp3) is 0.706. The van der Waals surface area contributed by atoms with E-state index in [1.807, 2.05) is 0 Å². The molecule has 4 nitrogen and oxygen atoms in total. The molecule has 0 aromatic carbocycles. The summed E-state index contributed by atoms with van der Waals surface area (Å²) in [5.74, 6) is 0. The van der Waals surface area contributed by atoms with Gasteiger partial charge in [0.15, 0.2) is 0 Å². The van der Waals surface area contributed by atoms with Gasteiger partial charge in [0, 0.05) is 30.0 Å². The molecule has 0 spiro atoms. The van der Waals surface area contributed by atoms with Gasteiger partial charge in [0.1, 0.15) is 0 Å². The Kier molecular flexibility index (Phi) is 5.32. The Bertz CT molecular complexity index is 484. The van der Waals surface area contributed by atoms with Crippen LogP contribution >= 0.6 is 0 Å². The van der Waals surface area contributed by atoms with Crippen LogP contribution in [0.1, 0.15) is 68.9 Å². The highest BCUT2D eigenvalue weighted by atomic mass is 16.2. The van der Waals surface area contributed by atoms with Crippen molar-refractivity contribution in [3.05, 3.63) is 23.0 Å². The van der Waals surface area contributed by atoms with E-state index in [4.69, 9.17) is 0 Å². The van der Waals surface area contributed by atoms with E-state index in [2.05, 4.69) is 49.0 Å². The van der Waals surface area contributed by atoms with Gasteiger partial charge in [-0.15, -0.1) is 0 Å². The molecule has 2 rings (SSSR count). The first-order chi connectivity index (χ1) is 9.99. The van der Waals surface area contributed by atoms with Crippen molar-refractivity contribution in [2.24, 2.45) is 0 Å². The van der Waals surface area contributed by atoms with Crippen LogP contribution < -0.4 is 10.6 Å². The number of carbonyl (C=O) groups is 1. The maximum atomic E-state index is 12.0. The number of aryl methyl sites for hydroxylation is 1. The third-order valence-corrected chi connectivity index (χ3v) is 4.49. The van der Waals surface area contributed by atoms with Gasteiger partial charge in [-0.05, 0) is 52.2 Å². The molecule has 4 heteroatoms. The molecular formula is C17H29N3O. The molecule has 0 saturated heterocycles. The number of rotatable bonds is 4. The van der Waals surface area contributed by atoms with Crippen LogP contribution in [-0.4, -0.2) is 16.6 Å². The zero-order valence-corrected chi connectivity index (χ0v) is 13.8. The minimum absolute atomic E-state index is 0.0312. The Hall–Kier alpha value is -1.45. The molecule has 1 aliphatic rings. The molecule has 0 radical (unpaired) electrons. The van der Waals surface area contributed by atoms with Crippen LogP contribution in [-0.2, 0) is 6.54 Å². The lowest BCUT2D eigenvalue weighted by Crippen LogP contribution is -2.42. The number of nitrogens with one attached hydrogen (secondary N) is 2. The van der Waals surface area contributed by atoms with Gasteiger partial charge in [0.25, 0.3) is 0 Å². The molecule has 1 aromatic rings. The molecule has 1 saturated carbocycles. The van der Waals surface area contributed by atoms with Crippen LogP contribution in [0.5, 0.6) is 0 Å².